The number of amides is 1. The summed E-state index contributed by atoms with van der Waals surface area (Å²) >= 11 is 1.48. The Morgan fingerprint density at radius 3 is 2.56 bits per heavy atom. The fourth-order valence-electron chi connectivity index (χ4n) is 9.36. The summed E-state index contributed by atoms with van der Waals surface area (Å²) < 4.78 is 25.4. The minimum absolute atomic E-state index is 0.176. The molecule has 4 aromatic rings. The Balaban J connectivity index is 1.25. The highest BCUT2D eigenvalue weighted by Gasteiger charge is 2.48. The highest BCUT2D eigenvalue weighted by Crippen LogP contribution is 2.43. The summed E-state index contributed by atoms with van der Waals surface area (Å²) in [6, 6.07) is 6.65. The molecule has 4 aliphatic heterocycles. The Morgan fingerprint density at radius 1 is 1.08 bits per heavy atom. The van der Waals surface area contributed by atoms with Crippen molar-refractivity contribution in [2.45, 2.75) is 90.6 Å². The number of piperazine rings is 1. The van der Waals surface area contributed by atoms with Gasteiger partial charge in [-0.15, -0.1) is 11.3 Å². The number of ketones is 1. The topological polar surface area (TPSA) is 149 Å². The number of aryl methyl sites for hydroxylation is 1. The van der Waals surface area contributed by atoms with Crippen LogP contribution in [-0.4, -0.2) is 129 Å². The molecule has 0 spiro atoms. The number of fused-ring (bicyclic) bond motifs is 6. The molecule has 0 saturated carbocycles. The molecule has 61 heavy (non-hydrogen) atoms. The lowest BCUT2D eigenvalue weighted by atomic mass is 9.84. The van der Waals surface area contributed by atoms with E-state index in [0.717, 1.165) is 81.5 Å². The van der Waals surface area contributed by atoms with Crippen molar-refractivity contribution in [3.63, 3.8) is 0 Å². The van der Waals surface area contributed by atoms with Crippen molar-refractivity contribution in [3.05, 3.63) is 52.1 Å². The number of esters is 1. The molecule has 6 bridgehead atoms. The number of hydrogen-bond donors (Lipinski definition) is 2. The van der Waals surface area contributed by atoms with Crippen molar-refractivity contribution >= 4 is 45.6 Å². The second-order valence-corrected chi connectivity index (χ2v) is 19.2. The molecule has 3 fully saturated rings. The van der Waals surface area contributed by atoms with Crippen molar-refractivity contribution in [1.82, 2.24) is 30.1 Å². The molecule has 4 atom stereocenters. The van der Waals surface area contributed by atoms with Crippen molar-refractivity contribution in [3.8, 4) is 22.5 Å². The van der Waals surface area contributed by atoms with Gasteiger partial charge in [0.05, 0.1) is 78.6 Å². The lowest BCUT2D eigenvalue weighted by molar-refractivity contribution is -0.173. The van der Waals surface area contributed by atoms with Gasteiger partial charge in [-0.05, 0) is 70.3 Å². The number of thiazole rings is 1. The summed E-state index contributed by atoms with van der Waals surface area (Å²) in [5.41, 5.74) is 6.71. The summed E-state index contributed by atoms with van der Waals surface area (Å²) in [6.45, 7) is 13.8. The van der Waals surface area contributed by atoms with Crippen LogP contribution >= 0.6 is 11.3 Å². The number of carbonyl (C=O) groups is 3. The maximum Gasteiger partial charge on any atom is 0.323 e. The largest absolute Gasteiger partial charge is 0.464 e. The number of piperidine rings is 1. The van der Waals surface area contributed by atoms with E-state index >= 15 is 0 Å². The number of hydrogen-bond acceptors (Lipinski definition) is 13. The van der Waals surface area contributed by atoms with Gasteiger partial charge in [0.25, 0.3) is 0 Å². The first-order valence-electron chi connectivity index (χ1n) is 21.7. The second kappa shape index (κ2) is 17.9. The van der Waals surface area contributed by atoms with Crippen molar-refractivity contribution in [1.29, 1.82) is 0 Å². The molecule has 328 valence electrons. The lowest BCUT2D eigenvalue weighted by Crippen LogP contribution is -2.62. The quantitative estimate of drug-likeness (QED) is 0.213. The molecule has 1 unspecified atom stereocenters. The van der Waals surface area contributed by atoms with Gasteiger partial charge in [0, 0.05) is 86.2 Å². The van der Waals surface area contributed by atoms with E-state index in [0.29, 0.717) is 32.2 Å². The fourth-order valence-corrected chi connectivity index (χ4v) is 10.2. The number of Topliss-reactive ketones (excluding diaryl/α,β-unsaturated/α-hetero) is 1. The van der Waals surface area contributed by atoms with Crippen LogP contribution in [0.5, 0.6) is 0 Å². The average Bonchev–Trinajstić information content (AvgIpc) is 3.84. The molecule has 4 aliphatic rings. The van der Waals surface area contributed by atoms with Crippen LogP contribution in [0.2, 0.25) is 0 Å². The Morgan fingerprint density at radius 2 is 1.85 bits per heavy atom. The summed E-state index contributed by atoms with van der Waals surface area (Å²) in [5.74, 6) is -0.834. The number of nitrogens with zero attached hydrogens (tertiary/aromatic N) is 5. The van der Waals surface area contributed by atoms with E-state index in [2.05, 4.69) is 77.1 Å². The van der Waals surface area contributed by atoms with E-state index in [9.17, 15) is 14.4 Å². The Kier molecular flexibility index (Phi) is 12.7. The molecular weight excluding hydrogens is 795 g/mol. The summed E-state index contributed by atoms with van der Waals surface area (Å²) in [6.07, 6.45) is 4.32. The zero-order valence-corrected chi connectivity index (χ0v) is 37.5. The summed E-state index contributed by atoms with van der Waals surface area (Å²) in [7, 11) is 5.44. The standard InChI is InChI=1S/C46H61N7O7S/c1-8-53-38-13-12-29-18-31(38)33(41(53)32-19-30(22-47-40(32)28(2)58-7)52-16-14-51(5)15-17-52)21-45(3,4)24-60-43(55)35-11-9-10-34(48-35)42(54)36(20-39-49-37(29)23-61-39)50-44(56)46(25-57-6)26-59-27-46/h12-13,18-19,22-23,28,34-36,48H,8-11,14-17,20-21,24-27H2,1-7H3,(H,50,56)/t28-,34?,35-,36-/m0/s1. The number of aromatic nitrogens is 3. The predicted octanol–water partition coefficient (Wildman–Crippen LogP) is 5.20. The van der Waals surface area contributed by atoms with Gasteiger partial charge >= 0.3 is 5.97 Å². The van der Waals surface area contributed by atoms with Gasteiger partial charge in [-0.1, -0.05) is 19.9 Å². The summed E-state index contributed by atoms with van der Waals surface area (Å²) in [4.78, 5) is 57.1. The van der Waals surface area contributed by atoms with E-state index in [1.165, 1.54) is 11.3 Å². The summed E-state index contributed by atoms with van der Waals surface area (Å²) in [5, 5.41) is 10.3. The Bertz CT molecular complexity index is 2260. The second-order valence-electron chi connectivity index (χ2n) is 18.2. The van der Waals surface area contributed by atoms with Crippen molar-refractivity contribution in [2.75, 3.05) is 78.8 Å². The third-order valence-electron chi connectivity index (χ3n) is 13.1. The monoisotopic (exact) mass is 855 g/mol. The Hall–Kier alpha value is -4.25. The number of anilines is 1. The van der Waals surface area contributed by atoms with Gasteiger partial charge in [-0.2, -0.15) is 0 Å². The molecule has 3 saturated heterocycles. The first kappa shape index (κ1) is 43.4. The number of benzene rings is 1. The number of carbonyl (C=O) groups excluding carboxylic acids is 3. The van der Waals surface area contributed by atoms with Crippen LogP contribution in [0.3, 0.4) is 0 Å². The highest BCUT2D eigenvalue weighted by atomic mass is 32.1. The van der Waals surface area contributed by atoms with Gasteiger partial charge in [-0.25, -0.2) is 4.98 Å². The van der Waals surface area contributed by atoms with Crippen LogP contribution in [0.15, 0.2) is 35.8 Å². The first-order chi connectivity index (χ1) is 29.3. The third-order valence-corrected chi connectivity index (χ3v) is 13.9. The third kappa shape index (κ3) is 8.74. The predicted molar refractivity (Wildman–Crippen MR) is 236 cm³/mol. The zero-order valence-electron chi connectivity index (χ0n) is 36.7. The van der Waals surface area contributed by atoms with E-state index in [4.69, 9.17) is 28.9 Å². The highest BCUT2D eigenvalue weighted by molar-refractivity contribution is 7.10. The van der Waals surface area contributed by atoms with E-state index in [1.54, 1.807) is 14.2 Å². The number of cyclic esters (lactones) is 1. The van der Waals surface area contributed by atoms with Crippen LogP contribution in [0.25, 0.3) is 33.4 Å². The molecule has 7 heterocycles. The molecule has 1 amide bonds. The minimum Gasteiger partial charge on any atom is -0.464 e. The first-order valence-corrected chi connectivity index (χ1v) is 22.6. The van der Waals surface area contributed by atoms with Crippen molar-refractivity contribution in [2.24, 2.45) is 10.8 Å². The fraction of sp³-hybridized carbons (Fsp3) is 0.587. The average molecular weight is 856 g/mol. The number of likely N-dealkylation sites (N-methyl/N-ethyl adjacent to an activating group) is 1. The zero-order chi connectivity index (χ0) is 43.1. The van der Waals surface area contributed by atoms with E-state index < -0.39 is 29.0 Å². The number of pyridine rings is 1. The SMILES string of the molecule is CCn1c(-c2cc(N3CCN(C)CC3)cnc2[C@H](C)OC)c2c3cc(ccc31)-c1csc(n1)C[C@H](NC(=O)C1(COC)COC1)C(=O)C1CCC[C@H](N1)C(=O)OCC(C)(C)C2. The van der Waals surface area contributed by atoms with Crippen LogP contribution in [0.4, 0.5) is 5.69 Å². The molecule has 2 N–H and O–H groups in total. The molecule has 15 heteroatoms. The van der Waals surface area contributed by atoms with E-state index in [1.807, 2.05) is 18.5 Å². The van der Waals surface area contributed by atoms with Crippen molar-refractivity contribution < 1.29 is 33.3 Å². The molecule has 3 aromatic heterocycles. The molecule has 1 aromatic carbocycles. The number of rotatable bonds is 9. The van der Waals surface area contributed by atoms with Crippen LogP contribution < -0.4 is 15.5 Å². The molecule has 0 radical (unpaired) electrons. The number of nitrogens with one attached hydrogen (secondary N) is 2. The van der Waals surface area contributed by atoms with Gasteiger partial charge < -0.3 is 38.6 Å². The van der Waals surface area contributed by atoms with Gasteiger partial charge in [-0.3, -0.25) is 24.7 Å². The molecular formula is C46H61N7O7S. The molecule has 0 aliphatic carbocycles. The van der Waals surface area contributed by atoms with Crippen LogP contribution in [0.1, 0.15) is 69.3 Å². The number of methoxy groups -OCH3 is 2. The number of ether oxygens (including phenoxy) is 4. The van der Waals surface area contributed by atoms with E-state index in [-0.39, 0.29) is 56.6 Å². The van der Waals surface area contributed by atoms with Gasteiger partial charge in [0.15, 0.2) is 5.78 Å². The molecule has 8 rings (SSSR count). The normalized spacial score (nSPS) is 23.9. The lowest BCUT2D eigenvalue weighted by Gasteiger charge is -2.40. The van der Waals surface area contributed by atoms with Gasteiger partial charge in [0.2, 0.25) is 5.91 Å². The smallest absolute Gasteiger partial charge is 0.323 e. The van der Waals surface area contributed by atoms with Crippen LogP contribution in [-0.2, 0) is 52.7 Å². The minimum atomic E-state index is -0.875. The maximum absolute atomic E-state index is 14.4. The van der Waals surface area contributed by atoms with Gasteiger partial charge in [0.1, 0.15) is 11.5 Å². The molecule has 14 nitrogen and oxygen atoms in total. The Labute approximate surface area is 362 Å². The van der Waals surface area contributed by atoms with Crippen LogP contribution in [0, 0.1) is 10.8 Å². The maximum atomic E-state index is 14.4.